The Morgan fingerprint density at radius 1 is 1.21 bits per heavy atom. The van der Waals surface area contributed by atoms with Crippen LogP contribution in [0.1, 0.15) is 31.9 Å². The number of carbonyl (C=O) groups excluding carboxylic acids is 1. The van der Waals surface area contributed by atoms with E-state index in [-0.39, 0.29) is 0 Å². The molecule has 0 spiro atoms. The molecule has 0 aliphatic heterocycles. The molecule has 0 saturated heterocycles. The molecule has 2 amide bonds. The summed E-state index contributed by atoms with van der Waals surface area (Å²) in [5.41, 5.74) is 2.86. The number of hydrogen-bond acceptors (Lipinski definition) is 2. The molecule has 5 heteroatoms. The van der Waals surface area contributed by atoms with Crippen molar-refractivity contribution < 1.29 is 14.7 Å². The zero-order valence-electron chi connectivity index (χ0n) is 11.5. The standard InChI is InChI=1S/C14H20N2O3/c1-4-10-7-6-8-11(5-2)12(10)16-14(19)15-9(3)13(17)18/h6-9H,4-5H2,1-3H3,(H,17,18)(H2,15,16,19)/t9-/m1/s1. The summed E-state index contributed by atoms with van der Waals surface area (Å²) in [4.78, 5) is 22.5. The van der Waals surface area contributed by atoms with Gasteiger partial charge >= 0.3 is 12.0 Å². The maximum absolute atomic E-state index is 11.8. The van der Waals surface area contributed by atoms with Gasteiger partial charge in [-0.25, -0.2) is 4.79 Å². The number of nitrogens with one attached hydrogen (secondary N) is 2. The quantitative estimate of drug-likeness (QED) is 0.764. The molecule has 0 heterocycles. The van der Waals surface area contributed by atoms with E-state index in [0.717, 1.165) is 29.7 Å². The number of para-hydroxylation sites is 1. The van der Waals surface area contributed by atoms with E-state index in [2.05, 4.69) is 10.6 Å². The van der Waals surface area contributed by atoms with Gasteiger partial charge in [-0.2, -0.15) is 0 Å². The predicted molar refractivity (Wildman–Crippen MR) is 74.5 cm³/mol. The van der Waals surface area contributed by atoms with E-state index < -0.39 is 18.0 Å². The monoisotopic (exact) mass is 264 g/mol. The number of anilines is 1. The first-order chi connectivity index (χ1) is 8.99. The Labute approximate surface area is 113 Å². The van der Waals surface area contributed by atoms with E-state index in [0.29, 0.717) is 0 Å². The molecule has 0 aliphatic rings. The molecular weight excluding hydrogens is 244 g/mol. The summed E-state index contributed by atoms with van der Waals surface area (Å²) in [7, 11) is 0. The van der Waals surface area contributed by atoms with Gasteiger partial charge in [-0.3, -0.25) is 4.79 Å². The van der Waals surface area contributed by atoms with Gasteiger partial charge in [-0.1, -0.05) is 32.0 Å². The van der Waals surface area contributed by atoms with Crippen LogP contribution in [0.2, 0.25) is 0 Å². The molecule has 0 aliphatic carbocycles. The number of rotatable bonds is 5. The molecule has 104 valence electrons. The predicted octanol–water partition coefficient (Wildman–Crippen LogP) is 2.41. The number of carboxylic acid groups (broad SMARTS) is 1. The Kier molecular flexibility index (Phi) is 5.36. The molecule has 0 saturated carbocycles. The SMILES string of the molecule is CCc1cccc(CC)c1NC(=O)N[C@H](C)C(=O)O. The number of amides is 2. The molecule has 1 rings (SSSR count). The van der Waals surface area contributed by atoms with Crippen molar-refractivity contribution >= 4 is 17.7 Å². The highest BCUT2D eigenvalue weighted by molar-refractivity contribution is 5.93. The summed E-state index contributed by atoms with van der Waals surface area (Å²) in [6, 6.07) is 4.45. The van der Waals surface area contributed by atoms with Crippen LogP contribution in [-0.2, 0) is 17.6 Å². The summed E-state index contributed by atoms with van der Waals surface area (Å²) in [6.07, 6.45) is 1.61. The lowest BCUT2D eigenvalue weighted by atomic mass is 10.0. The third-order valence-electron chi connectivity index (χ3n) is 2.96. The fraction of sp³-hybridized carbons (Fsp3) is 0.429. The maximum Gasteiger partial charge on any atom is 0.325 e. The number of carbonyl (C=O) groups is 2. The first-order valence-electron chi connectivity index (χ1n) is 6.40. The van der Waals surface area contributed by atoms with E-state index in [1.54, 1.807) is 0 Å². The maximum atomic E-state index is 11.8. The van der Waals surface area contributed by atoms with Gasteiger partial charge in [0.25, 0.3) is 0 Å². The van der Waals surface area contributed by atoms with Gasteiger partial charge in [0.2, 0.25) is 0 Å². The van der Waals surface area contributed by atoms with Gasteiger partial charge in [0.15, 0.2) is 0 Å². The zero-order valence-corrected chi connectivity index (χ0v) is 11.5. The van der Waals surface area contributed by atoms with E-state index in [1.165, 1.54) is 6.92 Å². The van der Waals surface area contributed by atoms with Crippen molar-refractivity contribution in [2.24, 2.45) is 0 Å². The minimum Gasteiger partial charge on any atom is -0.480 e. The van der Waals surface area contributed by atoms with E-state index in [9.17, 15) is 9.59 Å². The zero-order chi connectivity index (χ0) is 14.4. The van der Waals surface area contributed by atoms with Crippen LogP contribution in [0, 0.1) is 0 Å². The molecule has 0 bridgehead atoms. The Morgan fingerprint density at radius 2 is 1.74 bits per heavy atom. The van der Waals surface area contributed by atoms with Crippen LogP contribution in [0.25, 0.3) is 0 Å². The molecule has 0 fully saturated rings. The molecule has 1 atom stereocenters. The average Bonchev–Trinajstić information content (AvgIpc) is 2.38. The minimum atomic E-state index is -1.06. The molecule has 0 unspecified atom stereocenters. The highest BCUT2D eigenvalue weighted by Crippen LogP contribution is 2.22. The van der Waals surface area contributed by atoms with Crippen molar-refractivity contribution in [1.29, 1.82) is 0 Å². The molecular formula is C14H20N2O3. The fourth-order valence-corrected chi connectivity index (χ4v) is 1.81. The van der Waals surface area contributed by atoms with Gasteiger partial charge in [-0.05, 0) is 30.9 Å². The number of carboxylic acids is 1. The van der Waals surface area contributed by atoms with Crippen molar-refractivity contribution in [3.8, 4) is 0 Å². The van der Waals surface area contributed by atoms with Gasteiger partial charge < -0.3 is 15.7 Å². The molecule has 3 N–H and O–H groups in total. The summed E-state index contributed by atoms with van der Waals surface area (Å²) in [5.74, 6) is -1.06. The second-order valence-corrected chi connectivity index (χ2v) is 4.32. The van der Waals surface area contributed by atoms with Gasteiger partial charge in [-0.15, -0.1) is 0 Å². The summed E-state index contributed by atoms with van der Waals surface area (Å²) >= 11 is 0. The van der Waals surface area contributed by atoms with Crippen LogP contribution in [0.15, 0.2) is 18.2 Å². The number of urea groups is 1. The van der Waals surface area contributed by atoms with Crippen molar-refractivity contribution in [2.75, 3.05) is 5.32 Å². The Balaban J connectivity index is 2.86. The highest BCUT2D eigenvalue weighted by atomic mass is 16.4. The summed E-state index contributed by atoms with van der Waals surface area (Å²) in [6.45, 7) is 5.45. The molecule has 0 aromatic heterocycles. The van der Waals surface area contributed by atoms with Crippen LogP contribution in [-0.4, -0.2) is 23.1 Å². The first-order valence-corrected chi connectivity index (χ1v) is 6.40. The minimum absolute atomic E-state index is 0.495. The average molecular weight is 264 g/mol. The summed E-state index contributed by atoms with van der Waals surface area (Å²) < 4.78 is 0. The molecule has 1 aromatic rings. The molecule has 5 nitrogen and oxygen atoms in total. The van der Waals surface area contributed by atoms with Crippen molar-refractivity contribution in [2.45, 2.75) is 39.7 Å². The summed E-state index contributed by atoms with van der Waals surface area (Å²) in [5, 5.41) is 13.9. The lowest BCUT2D eigenvalue weighted by molar-refractivity contribution is -0.138. The Morgan fingerprint density at radius 3 is 2.16 bits per heavy atom. The van der Waals surface area contributed by atoms with Crippen LogP contribution in [0.4, 0.5) is 10.5 Å². The highest BCUT2D eigenvalue weighted by Gasteiger charge is 2.15. The molecule has 0 radical (unpaired) electrons. The van der Waals surface area contributed by atoms with Crippen molar-refractivity contribution in [3.63, 3.8) is 0 Å². The molecule has 19 heavy (non-hydrogen) atoms. The fourth-order valence-electron chi connectivity index (χ4n) is 1.81. The van der Waals surface area contributed by atoms with E-state index >= 15 is 0 Å². The smallest absolute Gasteiger partial charge is 0.325 e. The van der Waals surface area contributed by atoms with Crippen LogP contribution >= 0.6 is 0 Å². The number of hydrogen-bond donors (Lipinski definition) is 3. The van der Waals surface area contributed by atoms with Crippen LogP contribution in [0.3, 0.4) is 0 Å². The Bertz CT molecular complexity index is 450. The normalized spacial score (nSPS) is 11.7. The number of aryl methyl sites for hydroxylation is 2. The van der Waals surface area contributed by atoms with E-state index in [4.69, 9.17) is 5.11 Å². The van der Waals surface area contributed by atoms with Gasteiger partial charge in [0, 0.05) is 5.69 Å². The van der Waals surface area contributed by atoms with Crippen LogP contribution in [0.5, 0.6) is 0 Å². The first kappa shape index (κ1) is 15.0. The molecule has 1 aromatic carbocycles. The van der Waals surface area contributed by atoms with Crippen molar-refractivity contribution in [3.05, 3.63) is 29.3 Å². The second kappa shape index (κ2) is 6.78. The van der Waals surface area contributed by atoms with Crippen molar-refractivity contribution in [1.82, 2.24) is 5.32 Å². The lowest BCUT2D eigenvalue weighted by Crippen LogP contribution is -2.41. The lowest BCUT2D eigenvalue weighted by Gasteiger charge is -2.16. The second-order valence-electron chi connectivity index (χ2n) is 4.32. The largest absolute Gasteiger partial charge is 0.480 e. The Hall–Kier alpha value is -2.04. The van der Waals surface area contributed by atoms with E-state index in [1.807, 2.05) is 32.0 Å². The van der Waals surface area contributed by atoms with Crippen LogP contribution < -0.4 is 10.6 Å². The number of benzene rings is 1. The third kappa shape index (κ3) is 3.98. The number of aliphatic carboxylic acids is 1. The topological polar surface area (TPSA) is 78.4 Å². The van der Waals surface area contributed by atoms with Gasteiger partial charge in [0.1, 0.15) is 6.04 Å². The van der Waals surface area contributed by atoms with Gasteiger partial charge in [0.05, 0.1) is 0 Å². The third-order valence-corrected chi connectivity index (χ3v) is 2.96.